The Kier molecular flexibility index (Phi) is 6.91. The maximum Gasteiger partial charge on any atom is 0.222 e. The molecule has 2 aromatic carbocycles. The Morgan fingerprint density at radius 2 is 1.62 bits per heavy atom. The molecule has 0 spiro atoms. The number of unbranched alkanes of at least 4 members (excludes halogenated alkanes) is 1. The molecule has 0 N–H and O–H groups in total. The van der Waals surface area contributed by atoms with E-state index in [1.807, 2.05) is 42.5 Å². The van der Waals surface area contributed by atoms with Gasteiger partial charge in [-0.05, 0) is 60.6 Å². The zero-order chi connectivity index (χ0) is 18.2. The Bertz CT molecular complexity index is 761. The number of allylic oxidation sites excluding steroid dienone is 1. The molecular weight excluding hydrogens is 344 g/mol. The van der Waals surface area contributed by atoms with Gasteiger partial charge in [0.2, 0.25) is 6.29 Å². The maximum atomic E-state index is 5.93. The van der Waals surface area contributed by atoms with Gasteiger partial charge in [-0.3, -0.25) is 0 Å². The lowest BCUT2D eigenvalue weighted by molar-refractivity contribution is -0.170. The molecule has 1 aliphatic heterocycles. The van der Waals surface area contributed by atoms with E-state index in [1.165, 1.54) is 0 Å². The summed E-state index contributed by atoms with van der Waals surface area (Å²) in [6, 6.07) is 16.0. The van der Waals surface area contributed by atoms with Crippen LogP contribution in [0.15, 0.2) is 61.2 Å². The molecule has 0 unspecified atom stereocenters. The summed E-state index contributed by atoms with van der Waals surface area (Å²) in [5.74, 6) is 6.66. The number of hydrogen-bond acceptors (Lipinski definition) is 2. The average Bonchev–Trinajstić information content (AvgIpc) is 2.69. The molecule has 134 valence electrons. The van der Waals surface area contributed by atoms with Crippen molar-refractivity contribution in [1.29, 1.82) is 0 Å². The standard InChI is InChI=1S/C23H23ClO2/c1-2-3-4-5-19-16-25-23(26-17-19)15-8-18-6-9-20(10-7-18)21-11-13-22(24)14-12-21/h2,6-7,9-14,19,23H,1,3-5,16-17H2. The maximum absolute atomic E-state index is 5.93. The second kappa shape index (κ2) is 9.59. The first kappa shape index (κ1) is 18.7. The molecule has 0 amide bonds. The highest BCUT2D eigenvalue weighted by Crippen LogP contribution is 2.22. The van der Waals surface area contributed by atoms with Crippen LogP contribution in [0.5, 0.6) is 0 Å². The Morgan fingerprint density at radius 3 is 2.23 bits per heavy atom. The van der Waals surface area contributed by atoms with Gasteiger partial charge in [-0.15, -0.1) is 6.58 Å². The Morgan fingerprint density at radius 1 is 1.00 bits per heavy atom. The predicted octanol–water partition coefficient (Wildman–Crippen LogP) is 5.70. The van der Waals surface area contributed by atoms with E-state index in [2.05, 4.69) is 30.6 Å². The van der Waals surface area contributed by atoms with E-state index in [4.69, 9.17) is 21.1 Å². The molecule has 0 aliphatic carbocycles. The molecule has 0 radical (unpaired) electrons. The molecule has 1 saturated heterocycles. The molecule has 0 bridgehead atoms. The first-order valence-corrected chi connectivity index (χ1v) is 9.34. The smallest absolute Gasteiger partial charge is 0.222 e. The van der Waals surface area contributed by atoms with E-state index >= 15 is 0 Å². The second-order valence-corrected chi connectivity index (χ2v) is 6.87. The van der Waals surface area contributed by atoms with Crippen molar-refractivity contribution in [2.24, 2.45) is 5.92 Å². The van der Waals surface area contributed by atoms with E-state index in [0.717, 1.165) is 41.0 Å². The van der Waals surface area contributed by atoms with Crippen LogP contribution < -0.4 is 0 Å². The summed E-state index contributed by atoms with van der Waals surface area (Å²) in [7, 11) is 0. The number of ether oxygens (including phenoxy) is 2. The summed E-state index contributed by atoms with van der Waals surface area (Å²) in [6.45, 7) is 5.18. The summed E-state index contributed by atoms with van der Waals surface area (Å²) in [5, 5.41) is 0.742. The van der Waals surface area contributed by atoms with E-state index in [-0.39, 0.29) is 0 Å². The van der Waals surface area contributed by atoms with Gasteiger partial charge in [0.1, 0.15) is 0 Å². The van der Waals surface area contributed by atoms with E-state index in [1.54, 1.807) is 0 Å². The van der Waals surface area contributed by atoms with E-state index in [9.17, 15) is 0 Å². The van der Waals surface area contributed by atoms with Crippen LogP contribution in [0, 0.1) is 17.8 Å². The largest absolute Gasteiger partial charge is 0.342 e. The highest BCUT2D eigenvalue weighted by atomic mass is 35.5. The number of halogens is 1. The second-order valence-electron chi connectivity index (χ2n) is 6.44. The third-order valence-corrected chi connectivity index (χ3v) is 4.64. The van der Waals surface area contributed by atoms with E-state index in [0.29, 0.717) is 19.1 Å². The van der Waals surface area contributed by atoms with E-state index < -0.39 is 6.29 Å². The van der Waals surface area contributed by atoms with Crippen LogP contribution in [0.2, 0.25) is 5.02 Å². The fourth-order valence-electron chi connectivity index (χ4n) is 2.87. The molecule has 2 nitrogen and oxygen atoms in total. The van der Waals surface area contributed by atoms with Crippen molar-refractivity contribution >= 4 is 11.6 Å². The lowest BCUT2D eigenvalue weighted by Gasteiger charge is -2.26. The third-order valence-electron chi connectivity index (χ3n) is 4.38. The normalized spacial score (nSPS) is 19.4. The van der Waals surface area contributed by atoms with Gasteiger partial charge in [0, 0.05) is 16.5 Å². The molecule has 1 heterocycles. The van der Waals surface area contributed by atoms with Crippen LogP contribution in [-0.2, 0) is 9.47 Å². The Labute approximate surface area is 160 Å². The molecule has 3 rings (SSSR count). The van der Waals surface area contributed by atoms with Crippen LogP contribution in [0.1, 0.15) is 24.8 Å². The van der Waals surface area contributed by atoms with Crippen LogP contribution in [-0.4, -0.2) is 19.5 Å². The van der Waals surface area contributed by atoms with Crippen LogP contribution >= 0.6 is 11.6 Å². The monoisotopic (exact) mass is 366 g/mol. The molecule has 3 heteroatoms. The van der Waals surface area contributed by atoms with Crippen molar-refractivity contribution in [3.8, 4) is 23.0 Å². The molecule has 0 aromatic heterocycles. The zero-order valence-corrected chi connectivity index (χ0v) is 15.5. The lowest BCUT2D eigenvalue weighted by Crippen LogP contribution is -2.31. The number of hydrogen-bond donors (Lipinski definition) is 0. The summed E-state index contributed by atoms with van der Waals surface area (Å²) in [4.78, 5) is 0. The summed E-state index contributed by atoms with van der Waals surface area (Å²) in [5.41, 5.74) is 3.22. The summed E-state index contributed by atoms with van der Waals surface area (Å²) >= 11 is 5.93. The zero-order valence-electron chi connectivity index (χ0n) is 14.8. The summed E-state index contributed by atoms with van der Waals surface area (Å²) in [6.07, 6.45) is 4.82. The van der Waals surface area contributed by atoms with Gasteiger partial charge in [-0.2, -0.15) is 0 Å². The first-order valence-electron chi connectivity index (χ1n) is 8.96. The predicted molar refractivity (Wildman–Crippen MR) is 107 cm³/mol. The van der Waals surface area contributed by atoms with Gasteiger partial charge in [0.05, 0.1) is 13.2 Å². The van der Waals surface area contributed by atoms with Crippen molar-refractivity contribution in [2.45, 2.75) is 25.6 Å². The van der Waals surface area contributed by atoms with Gasteiger partial charge in [-0.1, -0.05) is 47.9 Å². The minimum Gasteiger partial charge on any atom is -0.342 e. The van der Waals surface area contributed by atoms with Gasteiger partial charge in [0.25, 0.3) is 0 Å². The molecule has 26 heavy (non-hydrogen) atoms. The minimum atomic E-state index is -0.429. The van der Waals surface area contributed by atoms with Crippen molar-refractivity contribution in [3.63, 3.8) is 0 Å². The van der Waals surface area contributed by atoms with Crippen LogP contribution in [0.25, 0.3) is 11.1 Å². The van der Waals surface area contributed by atoms with Crippen LogP contribution in [0.3, 0.4) is 0 Å². The number of rotatable bonds is 5. The van der Waals surface area contributed by atoms with Gasteiger partial charge in [0.15, 0.2) is 0 Å². The minimum absolute atomic E-state index is 0.429. The molecule has 2 aromatic rings. The van der Waals surface area contributed by atoms with Crippen molar-refractivity contribution in [1.82, 2.24) is 0 Å². The Balaban J connectivity index is 1.52. The molecular formula is C23H23ClO2. The fraction of sp³-hybridized carbons (Fsp3) is 0.304. The third kappa shape index (κ3) is 5.47. The lowest BCUT2D eigenvalue weighted by atomic mass is 10.0. The highest BCUT2D eigenvalue weighted by Gasteiger charge is 2.20. The molecule has 1 aliphatic rings. The van der Waals surface area contributed by atoms with Gasteiger partial charge >= 0.3 is 0 Å². The Hall–Kier alpha value is -2.05. The molecule has 0 atom stereocenters. The van der Waals surface area contributed by atoms with Gasteiger partial charge < -0.3 is 9.47 Å². The SMILES string of the molecule is C=CCCCC1COC(C#Cc2ccc(-c3ccc(Cl)cc3)cc2)OC1. The van der Waals surface area contributed by atoms with Crippen molar-refractivity contribution in [3.05, 3.63) is 71.8 Å². The highest BCUT2D eigenvalue weighted by molar-refractivity contribution is 6.30. The quantitative estimate of drug-likeness (QED) is 0.383. The van der Waals surface area contributed by atoms with Crippen LogP contribution in [0.4, 0.5) is 0 Å². The number of benzene rings is 2. The van der Waals surface area contributed by atoms with Crippen molar-refractivity contribution < 1.29 is 9.47 Å². The summed E-state index contributed by atoms with van der Waals surface area (Å²) < 4.78 is 11.4. The van der Waals surface area contributed by atoms with Crippen molar-refractivity contribution in [2.75, 3.05) is 13.2 Å². The molecule has 0 saturated carbocycles. The topological polar surface area (TPSA) is 18.5 Å². The average molecular weight is 367 g/mol. The fourth-order valence-corrected chi connectivity index (χ4v) is 3.00. The van der Waals surface area contributed by atoms with Gasteiger partial charge in [-0.25, -0.2) is 0 Å². The molecule has 1 fully saturated rings. The first-order chi connectivity index (χ1) is 12.7.